The van der Waals surface area contributed by atoms with E-state index in [1.165, 1.54) is 12.2 Å². The highest BCUT2D eigenvalue weighted by molar-refractivity contribution is 5.57. The first-order valence-electron chi connectivity index (χ1n) is 4.65. The van der Waals surface area contributed by atoms with Crippen LogP contribution in [0.25, 0.3) is 0 Å². The summed E-state index contributed by atoms with van der Waals surface area (Å²) in [6.45, 7) is -0.662. The van der Waals surface area contributed by atoms with Gasteiger partial charge in [-0.2, -0.15) is 4.68 Å². The molecular weight excluding hydrogens is 234 g/mol. The van der Waals surface area contributed by atoms with Crippen molar-refractivity contribution in [3.05, 3.63) is 33.1 Å². The maximum Gasteiger partial charge on any atom is 0.508 e. The Morgan fingerprint density at radius 2 is 2.18 bits per heavy atom. The minimum absolute atomic E-state index is 0.112. The van der Waals surface area contributed by atoms with Gasteiger partial charge in [0.05, 0.1) is 6.54 Å². The van der Waals surface area contributed by atoms with Crippen LogP contribution in [-0.4, -0.2) is 30.3 Å². The van der Waals surface area contributed by atoms with Gasteiger partial charge >= 0.3 is 17.5 Å². The van der Waals surface area contributed by atoms with Crippen LogP contribution >= 0.6 is 0 Å². The lowest BCUT2D eigenvalue weighted by Gasteiger charge is -2.18. The normalized spacial score (nSPS) is 17.8. The molecule has 1 aromatic rings. The highest BCUT2D eigenvalue weighted by atomic mass is 16.7. The molecule has 0 fully saturated rings. The zero-order valence-electron chi connectivity index (χ0n) is 8.52. The summed E-state index contributed by atoms with van der Waals surface area (Å²) < 4.78 is 6.86. The first-order chi connectivity index (χ1) is 8.06. The van der Waals surface area contributed by atoms with E-state index >= 15 is 0 Å². The minimum atomic E-state index is -1.57. The summed E-state index contributed by atoms with van der Waals surface area (Å²) >= 11 is 0. The minimum Gasteiger partial charge on any atom is -0.450 e. The van der Waals surface area contributed by atoms with Gasteiger partial charge in [0.25, 0.3) is 0 Å². The molecule has 0 bridgehead atoms. The van der Waals surface area contributed by atoms with Gasteiger partial charge in [0, 0.05) is 0 Å². The Balaban J connectivity index is 2.58. The SMILES string of the molecule is O=C(O)OC1C=CCn2c(=O)n(CO)c(=O)n21. The lowest BCUT2D eigenvalue weighted by molar-refractivity contribution is 0.0255. The van der Waals surface area contributed by atoms with Crippen molar-refractivity contribution in [1.82, 2.24) is 13.9 Å². The van der Waals surface area contributed by atoms with Crippen LogP contribution < -0.4 is 11.4 Å². The molecule has 92 valence electrons. The van der Waals surface area contributed by atoms with Crippen molar-refractivity contribution in [2.75, 3.05) is 0 Å². The van der Waals surface area contributed by atoms with Crippen LogP contribution in [0.5, 0.6) is 0 Å². The summed E-state index contributed by atoms with van der Waals surface area (Å²) in [6.07, 6.45) is 0.0748. The second-order valence-corrected chi connectivity index (χ2v) is 3.26. The Kier molecular flexibility index (Phi) is 2.60. The predicted molar refractivity (Wildman–Crippen MR) is 52.5 cm³/mol. The molecule has 0 saturated carbocycles. The maximum atomic E-state index is 11.7. The summed E-state index contributed by atoms with van der Waals surface area (Å²) in [6, 6.07) is 0. The topological polar surface area (TPSA) is 116 Å². The molecule has 0 aliphatic carbocycles. The molecule has 0 radical (unpaired) electrons. The predicted octanol–water partition coefficient (Wildman–Crippen LogP) is -1.48. The first-order valence-corrected chi connectivity index (χ1v) is 4.65. The molecule has 9 heteroatoms. The number of aromatic nitrogens is 3. The molecule has 1 atom stereocenters. The van der Waals surface area contributed by atoms with Gasteiger partial charge in [0.15, 0.2) is 0 Å². The van der Waals surface area contributed by atoms with Crippen LogP contribution in [0.15, 0.2) is 21.7 Å². The molecule has 1 aromatic heterocycles. The zero-order valence-corrected chi connectivity index (χ0v) is 8.52. The lowest BCUT2D eigenvalue weighted by Crippen LogP contribution is -2.34. The number of aliphatic hydroxyl groups excluding tert-OH is 1. The van der Waals surface area contributed by atoms with Crippen LogP contribution in [0.3, 0.4) is 0 Å². The number of allylic oxidation sites excluding steroid dienone is 1. The molecule has 2 rings (SSSR count). The van der Waals surface area contributed by atoms with Crippen molar-refractivity contribution in [2.24, 2.45) is 0 Å². The fourth-order valence-corrected chi connectivity index (χ4v) is 1.62. The van der Waals surface area contributed by atoms with Gasteiger partial charge in [0.2, 0.25) is 6.23 Å². The van der Waals surface area contributed by atoms with Crippen LogP contribution in [0.1, 0.15) is 6.23 Å². The Morgan fingerprint density at radius 1 is 1.47 bits per heavy atom. The molecular formula is C8H9N3O6. The largest absolute Gasteiger partial charge is 0.508 e. The van der Waals surface area contributed by atoms with Crippen LogP contribution in [0.4, 0.5) is 4.79 Å². The quantitative estimate of drug-likeness (QED) is 0.483. The third-order valence-corrected chi connectivity index (χ3v) is 2.32. The smallest absolute Gasteiger partial charge is 0.450 e. The number of aliphatic hydroxyl groups is 1. The van der Waals surface area contributed by atoms with Gasteiger partial charge in [0.1, 0.15) is 6.73 Å². The number of hydrogen-bond donors (Lipinski definition) is 2. The molecule has 0 aromatic carbocycles. The van der Waals surface area contributed by atoms with Crippen molar-refractivity contribution in [1.29, 1.82) is 0 Å². The average molecular weight is 243 g/mol. The molecule has 9 nitrogen and oxygen atoms in total. The highest BCUT2D eigenvalue weighted by Crippen LogP contribution is 2.11. The summed E-state index contributed by atoms with van der Waals surface area (Å²) in [7, 11) is 0. The number of carbonyl (C=O) groups is 1. The van der Waals surface area contributed by atoms with Crippen LogP contribution in [0, 0.1) is 0 Å². The lowest BCUT2D eigenvalue weighted by atomic mass is 10.4. The van der Waals surface area contributed by atoms with Crippen LogP contribution in [-0.2, 0) is 18.0 Å². The number of fused-ring (bicyclic) bond motifs is 1. The maximum absolute atomic E-state index is 11.7. The Hall–Kier alpha value is -2.29. The number of hydrogen-bond acceptors (Lipinski definition) is 5. The fraction of sp³-hybridized carbons (Fsp3) is 0.375. The van der Waals surface area contributed by atoms with E-state index in [0.29, 0.717) is 4.57 Å². The molecule has 2 heterocycles. The van der Waals surface area contributed by atoms with E-state index in [4.69, 9.17) is 10.2 Å². The fourth-order valence-electron chi connectivity index (χ4n) is 1.62. The second-order valence-electron chi connectivity index (χ2n) is 3.26. The molecule has 1 unspecified atom stereocenters. The van der Waals surface area contributed by atoms with Crippen molar-refractivity contribution in [2.45, 2.75) is 19.5 Å². The Labute approximate surface area is 93.4 Å². The Morgan fingerprint density at radius 3 is 2.76 bits per heavy atom. The van der Waals surface area contributed by atoms with Gasteiger partial charge < -0.3 is 14.9 Å². The first kappa shape index (κ1) is 11.2. The highest BCUT2D eigenvalue weighted by Gasteiger charge is 2.25. The van der Waals surface area contributed by atoms with Crippen molar-refractivity contribution in [3.63, 3.8) is 0 Å². The standard InChI is InChI=1S/C8H9N3O6/c12-4-9-6(13)10-3-1-2-5(17-8(15)16)11(10)7(9)14/h1-2,5,12H,3-4H2,(H,15,16). The summed E-state index contributed by atoms with van der Waals surface area (Å²) in [5.41, 5.74) is -1.55. The monoisotopic (exact) mass is 243 g/mol. The van der Waals surface area contributed by atoms with Gasteiger partial charge in [-0.05, 0) is 6.08 Å². The number of nitrogens with zero attached hydrogens (tertiary/aromatic N) is 3. The Bertz CT molecular complexity index is 591. The summed E-state index contributed by atoms with van der Waals surface area (Å²) in [5.74, 6) is 0. The molecule has 17 heavy (non-hydrogen) atoms. The molecule has 0 spiro atoms. The average Bonchev–Trinajstić information content (AvgIpc) is 2.52. The van der Waals surface area contributed by atoms with E-state index in [1.54, 1.807) is 0 Å². The van der Waals surface area contributed by atoms with E-state index < -0.39 is 30.5 Å². The molecule has 0 saturated heterocycles. The number of carboxylic acid groups (broad SMARTS) is 1. The van der Waals surface area contributed by atoms with Crippen molar-refractivity contribution >= 4 is 6.16 Å². The van der Waals surface area contributed by atoms with E-state index in [1.807, 2.05) is 0 Å². The number of ether oxygens (including phenoxy) is 1. The third-order valence-electron chi connectivity index (χ3n) is 2.32. The van der Waals surface area contributed by atoms with Gasteiger partial charge in [-0.25, -0.2) is 23.6 Å². The van der Waals surface area contributed by atoms with E-state index in [-0.39, 0.29) is 6.54 Å². The van der Waals surface area contributed by atoms with Crippen molar-refractivity contribution < 1.29 is 19.7 Å². The summed E-state index contributed by atoms with van der Waals surface area (Å²) in [4.78, 5) is 33.7. The zero-order chi connectivity index (χ0) is 12.6. The molecule has 1 aliphatic heterocycles. The van der Waals surface area contributed by atoms with E-state index in [9.17, 15) is 14.4 Å². The van der Waals surface area contributed by atoms with E-state index in [2.05, 4.69) is 4.74 Å². The van der Waals surface area contributed by atoms with E-state index in [0.717, 1.165) is 9.36 Å². The van der Waals surface area contributed by atoms with Gasteiger partial charge in [-0.1, -0.05) is 6.08 Å². The second kappa shape index (κ2) is 3.94. The van der Waals surface area contributed by atoms with Crippen molar-refractivity contribution in [3.8, 4) is 0 Å². The van der Waals surface area contributed by atoms with Crippen LogP contribution in [0.2, 0.25) is 0 Å². The number of rotatable bonds is 2. The molecule has 2 N–H and O–H groups in total. The third kappa shape index (κ3) is 1.65. The van der Waals surface area contributed by atoms with Gasteiger partial charge in [-0.15, -0.1) is 0 Å². The molecule has 1 aliphatic rings. The van der Waals surface area contributed by atoms with Gasteiger partial charge in [-0.3, -0.25) is 0 Å². The molecule has 0 amide bonds. The summed E-state index contributed by atoms with van der Waals surface area (Å²) in [5, 5.41) is 17.4.